The third kappa shape index (κ3) is 4.02. The van der Waals surface area contributed by atoms with Crippen LogP contribution in [0.15, 0.2) is 30.6 Å². The van der Waals surface area contributed by atoms with E-state index in [1.165, 1.54) is 18.2 Å². The molecule has 0 saturated carbocycles. The molecule has 1 aliphatic heterocycles. The highest BCUT2D eigenvalue weighted by atomic mass is 35.5. The first-order valence-corrected chi connectivity index (χ1v) is 9.84. The summed E-state index contributed by atoms with van der Waals surface area (Å²) in [7, 11) is 0. The van der Waals surface area contributed by atoms with Gasteiger partial charge in [-0.25, -0.2) is 18.7 Å². The zero-order valence-electron chi connectivity index (χ0n) is 15.9. The first-order valence-electron chi connectivity index (χ1n) is 9.46. The van der Waals surface area contributed by atoms with Gasteiger partial charge in [-0.05, 0) is 37.5 Å². The van der Waals surface area contributed by atoms with Crippen molar-refractivity contribution in [2.75, 3.05) is 13.2 Å². The van der Waals surface area contributed by atoms with E-state index in [0.29, 0.717) is 16.5 Å². The number of alkyl halides is 2. The summed E-state index contributed by atoms with van der Waals surface area (Å²) in [5.41, 5.74) is 2.73. The van der Waals surface area contributed by atoms with E-state index in [2.05, 4.69) is 4.98 Å². The molecular weight excluding hydrogens is 400 g/mol. The molecule has 8 heteroatoms. The first kappa shape index (κ1) is 19.9. The van der Waals surface area contributed by atoms with Crippen LogP contribution >= 0.6 is 11.6 Å². The topological polar surface area (TPSA) is 56.5 Å². The smallest absolute Gasteiger partial charge is 0.280 e. The van der Waals surface area contributed by atoms with Gasteiger partial charge in [0.25, 0.3) is 6.43 Å². The fourth-order valence-corrected chi connectivity index (χ4v) is 3.86. The zero-order valence-corrected chi connectivity index (χ0v) is 16.6. The quantitative estimate of drug-likeness (QED) is 0.549. The minimum Gasteiger partial charge on any atom is -0.381 e. The van der Waals surface area contributed by atoms with E-state index < -0.39 is 12.1 Å². The van der Waals surface area contributed by atoms with Crippen LogP contribution in [0.5, 0.6) is 0 Å². The number of ketones is 1. The lowest BCUT2D eigenvalue weighted by atomic mass is 9.97. The number of nitrogens with zero attached hydrogens (tertiary/aromatic N) is 3. The van der Waals surface area contributed by atoms with Gasteiger partial charge in [-0.1, -0.05) is 17.7 Å². The van der Waals surface area contributed by atoms with Crippen LogP contribution < -0.4 is 0 Å². The molecule has 4 heterocycles. The fourth-order valence-electron chi connectivity index (χ4n) is 3.66. The molecule has 0 atom stereocenters. The third-order valence-corrected chi connectivity index (χ3v) is 5.79. The summed E-state index contributed by atoms with van der Waals surface area (Å²) >= 11 is 6.51. The van der Waals surface area contributed by atoms with Crippen LogP contribution in [0.1, 0.15) is 58.2 Å². The van der Waals surface area contributed by atoms with Crippen molar-refractivity contribution in [3.8, 4) is 0 Å². The van der Waals surface area contributed by atoms with Crippen LogP contribution in [0, 0.1) is 6.92 Å². The molecule has 4 rings (SSSR count). The molecule has 1 saturated heterocycles. The van der Waals surface area contributed by atoms with Crippen molar-refractivity contribution in [3.05, 3.63) is 63.8 Å². The van der Waals surface area contributed by atoms with Gasteiger partial charge in [0.05, 0.1) is 10.7 Å². The molecule has 0 bridgehead atoms. The Morgan fingerprint density at radius 1 is 1.28 bits per heavy atom. The Bertz CT molecular complexity index is 1060. The Labute approximate surface area is 171 Å². The van der Waals surface area contributed by atoms with Crippen molar-refractivity contribution < 1.29 is 18.3 Å². The van der Waals surface area contributed by atoms with E-state index in [4.69, 9.17) is 21.3 Å². The van der Waals surface area contributed by atoms with Crippen LogP contribution in [-0.2, 0) is 11.2 Å². The third-order valence-electron chi connectivity index (χ3n) is 5.26. The Kier molecular flexibility index (Phi) is 5.61. The predicted molar refractivity (Wildman–Crippen MR) is 105 cm³/mol. The Morgan fingerprint density at radius 2 is 2.03 bits per heavy atom. The highest BCUT2D eigenvalue weighted by Gasteiger charge is 2.21. The fraction of sp³-hybridized carbons (Fsp3) is 0.381. The maximum absolute atomic E-state index is 12.9. The minimum atomic E-state index is -2.72. The number of aromatic nitrogens is 3. The SMILES string of the molecule is Cc1c(Cl)c(CC(=O)c2cccc(C(F)F)n2)cn2cc(C3CCOCC3)nc12. The van der Waals surface area contributed by atoms with Crippen molar-refractivity contribution in [1.29, 1.82) is 0 Å². The molecule has 0 unspecified atom stereocenters. The lowest BCUT2D eigenvalue weighted by molar-refractivity contribution is 0.0846. The van der Waals surface area contributed by atoms with E-state index in [0.717, 1.165) is 43.0 Å². The molecule has 0 aromatic carbocycles. The Morgan fingerprint density at radius 3 is 2.76 bits per heavy atom. The van der Waals surface area contributed by atoms with Crippen LogP contribution in [0.2, 0.25) is 5.02 Å². The van der Waals surface area contributed by atoms with E-state index >= 15 is 0 Å². The van der Waals surface area contributed by atoms with Crippen molar-refractivity contribution >= 4 is 23.0 Å². The van der Waals surface area contributed by atoms with E-state index in [9.17, 15) is 13.6 Å². The number of Topliss-reactive ketones (excluding diaryl/α,β-unsaturated/α-hetero) is 1. The largest absolute Gasteiger partial charge is 0.381 e. The average Bonchev–Trinajstić information content (AvgIpc) is 3.17. The lowest BCUT2D eigenvalue weighted by Gasteiger charge is -2.19. The van der Waals surface area contributed by atoms with Crippen LogP contribution in [0.25, 0.3) is 5.65 Å². The average molecular weight is 420 g/mol. The van der Waals surface area contributed by atoms with Crippen LogP contribution in [0.4, 0.5) is 8.78 Å². The number of ether oxygens (including phenoxy) is 1. The summed E-state index contributed by atoms with van der Waals surface area (Å²) in [6.07, 6.45) is 2.86. The van der Waals surface area contributed by atoms with Gasteiger partial charge in [0.1, 0.15) is 17.0 Å². The van der Waals surface area contributed by atoms with Gasteiger partial charge in [0.2, 0.25) is 0 Å². The van der Waals surface area contributed by atoms with Gasteiger partial charge in [0, 0.05) is 43.5 Å². The molecule has 1 fully saturated rings. The van der Waals surface area contributed by atoms with Crippen LogP contribution in [0.3, 0.4) is 0 Å². The zero-order chi connectivity index (χ0) is 20.5. The van der Waals surface area contributed by atoms with Gasteiger partial charge in [-0.15, -0.1) is 0 Å². The molecule has 3 aromatic heterocycles. The maximum atomic E-state index is 12.9. The number of hydrogen-bond acceptors (Lipinski definition) is 4. The second-order valence-electron chi connectivity index (χ2n) is 7.22. The standard InChI is InChI=1S/C21H20ClF2N3O2/c1-12-19(22)14(9-18(28)15-3-2-4-16(25-15)20(23)24)10-27-11-17(26-21(12)27)13-5-7-29-8-6-13/h2-4,10-11,13,20H,5-9H2,1H3. The summed E-state index contributed by atoms with van der Waals surface area (Å²) in [5.74, 6) is -0.0221. The summed E-state index contributed by atoms with van der Waals surface area (Å²) < 4.78 is 33.0. The number of carbonyl (C=O) groups is 1. The first-order chi connectivity index (χ1) is 13.9. The van der Waals surface area contributed by atoms with Gasteiger partial charge in [-0.2, -0.15) is 0 Å². The number of pyridine rings is 2. The monoisotopic (exact) mass is 419 g/mol. The number of fused-ring (bicyclic) bond motifs is 1. The number of carbonyl (C=O) groups excluding carboxylic acids is 1. The molecule has 0 aliphatic carbocycles. The summed E-state index contributed by atoms with van der Waals surface area (Å²) in [6, 6.07) is 4.05. The van der Waals surface area contributed by atoms with Gasteiger partial charge < -0.3 is 9.14 Å². The lowest BCUT2D eigenvalue weighted by Crippen LogP contribution is -2.14. The second-order valence-corrected chi connectivity index (χ2v) is 7.60. The summed E-state index contributed by atoms with van der Waals surface area (Å²) in [6.45, 7) is 3.31. The Balaban J connectivity index is 1.64. The highest BCUT2D eigenvalue weighted by Crippen LogP contribution is 2.30. The van der Waals surface area contributed by atoms with E-state index in [1.807, 2.05) is 17.5 Å². The minimum absolute atomic E-state index is 0.00476. The van der Waals surface area contributed by atoms with E-state index in [1.54, 1.807) is 6.20 Å². The molecule has 0 N–H and O–H groups in total. The highest BCUT2D eigenvalue weighted by molar-refractivity contribution is 6.32. The number of aryl methyl sites for hydroxylation is 1. The van der Waals surface area contributed by atoms with Crippen molar-refractivity contribution in [2.45, 2.75) is 38.5 Å². The molecule has 152 valence electrons. The molecule has 0 amide bonds. The van der Waals surface area contributed by atoms with Gasteiger partial charge in [-0.3, -0.25) is 4.79 Å². The second kappa shape index (κ2) is 8.16. The van der Waals surface area contributed by atoms with Gasteiger partial charge in [0.15, 0.2) is 5.78 Å². The number of halogens is 3. The van der Waals surface area contributed by atoms with Gasteiger partial charge >= 0.3 is 0 Å². The van der Waals surface area contributed by atoms with Crippen molar-refractivity contribution in [3.63, 3.8) is 0 Å². The number of imidazole rings is 1. The molecule has 5 nitrogen and oxygen atoms in total. The molecule has 29 heavy (non-hydrogen) atoms. The molecule has 0 spiro atoms. The molecule has 3 aromatic rings. The summed E-state index contributed by atoms with van der Waals surface area (Å²) in [5, 5.41) is 0.458. The normalized spacial score (nSPS) is 15.3. The molecule has 1 aliphatic rings. The number of hydrogen-bond donors (Lipinski definition) is 0. The maximum Gasteiger partial charge on any atom is 0.280 e. The predicted octanol–water partition coefficient (Wildman–Crippen LogP) is 4.95. The number of rotatable bonds is 5. The molecule has 0 radical (unpaired) electrons. The van der Waals surface area contributed by atoms with Crippen molar-refractivity contribution in [1.82, 2.24) is 14.4 Å². The van der Waals surface area contributed by atoms with Crippen molar-refractivity contribution in [2.24, 2.45) is 0 Å². The Hall–Kier alpha value is -2.38. The van der Waals surface area contributed by atoms with E-state index in [-0.39, 0.29) is 17.9 Å². The van der Waals surface area contributed by atoms with Crippen LogP contribution in [-0.4, -0.2) is 33.4 Å². The summed E-state index contributed by atoms with van der Waals surface area (Å²) in [4.78, 5) is 21.2. The molecular formula is C21H20ClF2N3O2.